The molecule has 0 radical (unpaired) electrons. The predicted octanol–water partition coefficient (Wildman–Crippen LogP) is 3.87. The molecular weight excluding hydrogens is 264 g/mol. The molecule has 3 nitrogen and oxygen atoms in total. The fourth-order valence-electron chi connectivity index (χ4n) is 2.02. The molecule has 21 heavy (non-hydrogen) atoms. The van der Waals surface area contributed by atoms with Gasteiger partial charge in [-0.3, -0.25) is 4.79 Å². The quantitative estimate of drug-likeness (QED) is 0.484. The summed E-state index contributed by atoms with van der Waals surface area (Å²) in [6.07, 6.45) is 7.07. The molecule has 3 rings (SSSR count). The first-order chi connectivity index (χ1) is 10.3. The maximum atomic E-state index is 12.0. The lowest BCUT2D eigenvalue weighted by Gasteiger charge is -1.98. The van der Waals surface area contributed by atoms with Crippen LogP contribution in [0.1, 0.15) is 15.9 Å². The molecule has 0 aliphatic carbocycles. The molecule has 0 saturated carbocycles. The zero-order valence-electron chi connectivity index (χ0n) is 11.4. The minimum absolute atomic E-state index is 0.0639. The normalized spacial score (nSPS) is 13.1. The van der Waals surface area contributed by atoms with E-state index in [1.54, 1.807) is 24.3 Å². The highest BCUT2D eigenvalue weighted by Gasteiger charge is 2.14. The molecule has 0 atom stereocenters. The number of rotatable bonds is 4. The molecule has 0 fully saturated rings. The molecule has 0 bridgehead atoms. The number of ketones is 1. The van der Waals surface area contributed by atoms with Crippen molar-refractivity contribution in [3.05, 3.63) is 77.9 Å². The summed E-state index contributed by atoms with van der Waals surface area (Å²) in [6, 6.07) is 15.1. The Hall–Kier alpha value is -2.81. The number of fused-ring (bicyclic) bond motifs is 1. The van der Waals surface area contributed by atoms with Gasteiger partial charge in [-0.05, 0) is 29.8 Å². The van der Waals surface area contributed by atoms with Gasteiger partial charge in [0.1, 0.15) is 0 Å². The van der Waals surface area contributed by atoms with Crippen molar-refractivity contribution >= 4 is 11.9 Å². The van der Waals surface area contributed by atoms with Crippen LogP contribution in [0.3, 0.4) is 0 Å². The van der Waals surface area contributed by atoms with Crippen LogP contribution in [0.5, 0.6) is 11.5 Å². The van der Waals surface area contributed by atoms with Crippen LogP contribution in [0, 0.1) is 0 Å². The highest BCUT2D eigenvalue weighted by atomic mass is 16.7. The first-order valence-electron chi connectivity index (χ1n) is 6.67. The molecule has 1 aliphatic heterocycles. The number of hydrogen-bond acceptors (Lipinski definition) is 3. The Balaban J connectivity index is 1.66. The lowest BCUT2D eigenvalue weighted by atomic mass is 10.1. The van der Waals surface area contributed by atoms with Crippen LogP contribution < -0.4 is 9.47 Å². The Kier molecular flexibility index (Phi) is 3.83. The smallest absolute Gasteiger partial charge is 0.231 e. The van der Waals surface area contributed by atoms with Gasteiger partial charge in [-0.15, -0.1) is 0 Å². The minimum atomic E-state index is -0.0639. The average Bonchev–Trinajstić information content (AvgIpc) is 3.00. The third kappa shape index (κ3) is 3.20. The van der Waals surface area contributed by atoms with Crippen molar-refractivity contribution in [3.63, 3.8) is 0 Å². The third-order valence-corrected chi connectivity index (χ3v) is 3.10. The monoisotopic (exact) mass is 278 g/mol. The van der Waals surface area contributed by atoms with Gasteiger partial charge < -0.3 is 9.47 Å². The third-order valence-electron chi connectivity index (χ3n) is 3.10. The highest BCUT2D eigenvalue weighted by molar-refractivity contribution is 6.05. The second kappa shape index (κ2) is 6.09. The summed E-state index contributed by atoms with van der Waals surface area (Å²) in [5.74, 6) is 1.24. The number of hydrogen-bond donors (Lipinski definition) is 0. The molecule has 0 unspecified atom stereocenters. The van der Waals surface area contributed by atoms with E-state index in [1.165, 1.54) is 6.08 Å². The van der Waals surface area contributed by atoms with Crippen molar-refractivity contribution in [1.29, 1.82) is 0 Å². The zero-order chi connectivity index (χ0) is 14.5. The van der Waals surface area contributed by atoms with Gasteiger partial charge in [0.15, 0.2) is 17.3 Å². The zero-order valence-corrected chi connectivity index (χ0v) is 11.4. The molecule has 0 amide bonds. The molecule has 1 heterocycles. The molecular formula is C18H14O3. The average molecular weight is 278 g/mol. The molecule has 0 saturated heterocycles. The molecule has 1 aliphatic rings. The van der Waals surface area contributed by atoms with Crippen molar-refractivity contribution in [3.8, 4) is 11.5 Å². The van der Waals surface area contributed by atoms with Crippen molar-refractivity contribution in [2.45, 2.75) is 0 Å². The van der Waals surface area contributed by atoms with Crippen LogP contribution >= 0.6 is 0 Å². The predicted molar refractivity (Wildman–Crippen MR) is 81.5 cm³/mol. The summed E-state index contributed by atoms with van der Waals surface area (Å²) in [6.45, 7) is 0.211. The fourth-order valence-corrected chi connectivity index (χ4v) is 2.02. The van der Waals surface area contributed by atoms with Gasteiger partial charge in [-0.25, -0.2) is 0 Å². The number of ether oxygens (including phenoxy) is 2. The summed E-state index contributed by atoms with van der Waals surface area (Å²) >= 11 is 0. The van der Waals surface area contributed by atoms with E-state index in [-0.39, 0.29) is 12.6 Å². The molecule has 104 valence electrons. The Morgan fingerprint density at radius 1 is 0.952 bits per heavy atom. The van der Waals surface area contributed by atoms with E-state index in [0.717, 1.165) is 5.56 Å². The van der Waals surface area contributed by atoms with E-state index in [0.29, 0.717) is 17.1 Å². The number of carbonyl (C=O) groups is 1. The van der Waals surface area contributed by atoms with E-state index in [2.05, 4.69) is 0 Å². The van der Waals surface area contributed by atoms with Gasteiger partial charge in [0, 0.05) is 5.56 Å². The Morgan fingerprint density at radius 3 is 2.62 bits per heavy atom. The van der Waals surface area contributed by atoms with Crippen molar-refractivity contribution in [1.82, 2.24) is 0 Å². The molecule has 0 N–H and O–H groups in total. The summed E-state index contributed by atoms with van der Waals surface area (Å²) in [7, 11) is 0. The Bertz CT molecular complexity index is 700. The Morgan fingerprint density at radius 2 is 1.76 bits per heavy atom. The molecule has 0 aromatic heterocycles. The number of carbonyl (C=O) groups excluding carboxylic acids is 1. The van der Waals surface area contributed by atoms with Crippen LogP contribution in [0.15, 0.2) is 66.8 Å². The maximum absolute atomic E-state index is 12.0. The van der Waals surface area contributed by atoms with E-state index >= 15 is 0 Å². The molecule has 2 aromatic rings. The van der Waals surface area contributed by atoms with Crippen molar-refractivity contribution in [2.24, 2.45) is 0 Å². The van der Waals surface area contributed by atoms with Crippen molar-refractivity contribution < 1.29 is 14.3 Å². The maximum Gasteiger partial charge on any atom is 0.231 e. The number of benzene rings is 2. The van der Waals surface area contributed by atoms with E-state index in [9.17, 15) is 4.79 Å². The SMILES string of the molecule is O=C(C=CC=Cc1ccccc1)c1ccc2c(c1)OCO2. The minimum Gasteiger partial charge on any atom is -0.454 e. The molecule has 2 aromatic carbocycles. The first-order valence-corrected chi connectivity index (χ1v) is 6.67. The topological polar surface area (TPSA) is 35.5 Å². The largest absolute Gasteiger partial charge is 0.454 e. The van der Waals surface area contributed by atoms with Gasteiger partial charge in [-0.1, -0.05) is 48.6 Å². The van der Waals surface area contributed by atoms with Crippen LogP contribution in [0.4, 0.5) is 0 Å². The van der Waals surface area contributed by atoms with Gasteiger partial charge in [0.2, 0.25) is 6.79 Å². The lowest BCUT2D eigenvalue weighted by Crippen LogP contribution is -1.94. The molecule has 0 spiro atoms. The van der Waals surface area contributed by atoms with Crippen LogP contribution in [-0.2, 0) is 0 Å². The second-order valence-electron chi connectivity index (χ2n) is 4.56. The van der Waals surface area contributed by atoms with Crippen LogP contribution in [0.2, 0.25) is 0 Å². The van der Waals surface area contributed by atoms with Gasteiger partial charge in [0.05, 0.1) is 0 Å². The summed E-state index contributed by atoms with van der Waals surface area (Å²) in [5.41, 5.74) is 1.68. The standard InChI is InChI=1S/C18H14O3/c19-16(9-5-4-8-14-6-2-1-3-7-14)15-10-11-17-18(12-15)21-13-20-17/h1-12H,13H2. The van der Waals surface area contributed by atoms with Gasteiger partial charge >= 0.3 is 0 Å². The number of allylic oxidation sites excluding steroid dienone is 3. The van der Waals surface area contributed by atoms with E-state index in [4.69, 9.17) is 9.47 Å². The van der Waals surface area contributed by atoms with Crippen LogP contribution in [0.25, 0.3) is 6.08 Å². The fraction of sp³-hybridized carbons (Fsp3) is 0.0556. The Labute approximate surface area is 123 Å². The second-order valence-corrected chi connectivity index (χ2v) is 4.56. The summed E-state index contributed by atoms with van der Waals surface area (Å²) < 4.78 is 10.5. The van der Waals surface area contributed by atoms with E-state index in [1.807, 2.05) is 42.5 Å². The van der Waals surface area contributed by atoms with Gasteiger partial charge in [0.25, 0.3) is 0 Å². The summed E-state index contributed by atoms with van der Waals surface area (Å²) in [4.78, 5) is 12.0. The van der Waals surface area contributed by atoms with E-state index < -0.39 is 0 Å². The highest BCUT2D eigenvalue weighted by Crippen LogP contribution is 2.32. The van der Waals surface area contributed by atoms with Crippen LogP contribution in [-0.4, -0.2) is 12.6 Å². The molecule has 3 heteroatoms. The van der Waals surface area contributed by atoms with Crippen molar-refractivity contribution in [2.75, 3.05) is 6.79 Å². The first kappa shape index (κ1) is 13.2. The summed E-state index contributed by atoms with van der Waals surface area (Å²) in [5, 5.41) is 0. The van der Waals surface area contributed by atoms with Gasteiger partial charge in [-0.2, -0.15) is 0 Å². The lowest BCUT2D eigenvalue weighted by molar-refractivity contribution is 0.104.